The van der Waals surface area contributed by atoms with Gasteiger partial charge in [-0.15, -0.1) is 9.24 Å². The minimum atomic E-state index is 0.611. The summed E-state index contributed by atoms with van der Waals surface area (Å²) in [5, 5.41) is 9.67. The monoisotopic (exact) mass is 304 g/mol. The number of rotatable bonds is 3. The number of hydrogen-bond acceptors (Lipinski definition) is 0. The Hall–Kier alpha value is -1.65. The third-order valence-electron chi connectivity index (χ3n) is 4.97. The Morgan fingerprint density at radius 3 is 2.32 bits per heavy atom. The topological polar surface area (TPSA) is 0 Å². The second kappa shape index (κ2) is 5.21. The van der Waals surface area contributed by atoms with E-state index in [1.54, 1.807) is 0 Å². The fourth-order valence-corrected chi connectivity index (χ4v) is 4.46. The molecule has 0 aliphatic rings. The van der Waals surface area contributed by atoms with Gasteiger partial charge in [-0.05, 0) is 55.5 Å². The molecule has 0 heterocycles. The molecule has 0 amide bonds. The molecule has 1 heteroatoms. The SMILES string of the molecule is CCCC(C)c1cc2ccc3cccc4ccc(c1P)c2c34. The van der Waals surface area contributed by atoms with Crippen LogP contribution in [0.1, 0.15) is 38.2 Å². The van der Waals surface area contributed by atoms with E-state index >= 15 is 0 Å². The van der Waals surface area contributed by atoms with E-state index in [0.29, 0.717) is 5.92 Å². The molecule has 0 saturated heterocycles. The van der Waals surface area contributed by atoms with Gasteiger partial charge in [-0.1, -0.05) is 68.8 Å². The molecule has 0 nitrogen and oxygen atoms in total. The van der Waals surface area contributed by atoms with Gasteiger partial charge in [0.2, 0.25) is 0 Å². The van der Waals surface area contributed by atoms with Crippen molar-refractivity contribution in [3.05, 3.63) is 54.1 Å². The van der Waals surface area contributed by atoms with Crippen LogP contribution >= 0.6 is 9.24 Å². The van der Waals surface area contributed by atoms with E-state index in [4.69, 9.17) is 0 Å². The molecule has 110 valence electrons. The van der Waals surface area contributed by atoms with Crippen molar-refractivity contribution < 1.29 is 0 Å². The van der Waals surface area contributed by atoms with Crippen molar-refractivity contribution in [3.8, 4) is 0 Å². The summed E-state index contributed by atoms with van der Waals surface area (Å²) in [4.78, 5) is 0. The van der Waals surface area contributed by atoms with Crippen LogP contribution in [0.25, 0.3) is 32.3 Å². The predicted octanol–water partition coefficient (Wildman–Crippen LogP) is 5.99. The zero-order chi connectivity index (χ0) is 15.3. The van der Waals surface area contributed by atoms with E-state index in [1.165, 1.54) is 56.0 Å². The first-order chi connectivity index (χ1) is 10.7. The average molecular weight is 304 g/mol. The first kappa shape index (κ1) is 14.0. The quantitative estimate of drug-likeness (QED) is 0.322. The van der Waals surface area contributed by atoms with Crippen LogP contribution in [-0.2, 0) is 0 Å². The summed E-state index contributed by atoms with van der Waals surface area (Å²) in [6.45, 7) is 4.62. The van der Waals surface area contributed by atoms with Crippen LogP contribution in [-0.4, -0.2) is 0 Å². The summed E-state index contributed by atoms with van der Waals surface area (Å²) in [7, 11) is 3.01. The molecule has 0 spiro atoms. The lowest BCUT2D eigenvalue weighted by Crippen LogP contribution is -2.08. The normalized spacial score (nSPS) is 13.4. The summed E-state index contributed by atoms with van der Waals surface area (Å²) in [6, 6.07) is 18.1. The summed E-state index contributed by atoms with van der Waals surface area (Å²) < 4.78 is 0. The molecule has 0 aliphatic carbocycles. The minimum Gasteiger partial charge on any atom is -0.105 e. The molecule has 0 N–H and O–H groups in total. The Labute approximate surface area is 134 Å². The Kier molecular flexibility index (Phi) is 3.31. The van der Waals surface area contributed by atoms with Crippen LogP contribution < -0.4 is 5.30 Å². The van der Waals surface area contributed by atoms with Crippen molar-refractivity contribution in [3.63, 3.8) is 0 Å². The molecule has 0 fully saturated rings. The fraction of sp³-hybridized carbons (Fsp3) is 0.238. The van der Waals surface area contributed by atoms with E-state index in [1.807, 2.05) is 0 Å². The smallest absolute Gasteiger partial charge is 0.00204 e. The first-order valence-electron chi connectivity index (χ1n) is 8.16. The molecule has 2 atom stereocenters. The third-order valence-corrected chi connectivity index (χ3v) is 5.62. The van der Waals surface area contributed by atoms with Crippen molar-refractivity contribution in [2.45, 2.75) is 32.6 Å². The van der Waals surface area contributed by atoms with Gasteiger partial charge in [0.1, 0.15) is 0 Å². The van der Waals surface area contributed by atoms with Crippen LogP contribution in [0.15, 0.2) is 48.5 Å². The molecule has 4 aromatic rings. The van der Waals surface area contributed by atoms with Crippen molar-refractivity contribution in [2.24, 2.45) is 0 Å². The van der Waals surface area contributed by atoms with Crippen molar-refractivity contribution in [1.82, 2.24) is 0 Å². The second-order valence-electron chi connectivity index (χ2n) is 6.43. The average Bonchev–Trinajstić information content (AvgIpc) is 2.54. The van der Waals surface area contributed by atoms with E-state index in [-0.39, 0.29) is 0 Å². The Balaban J connectivity index is 2.14. The van der Waals surface area contributed by atoms with Crippen LogP contribution in [0, 0.1) is 0 Å². The summed E-state index contributed by atoms with van der Waals surface area (Å²) >= 11 is 0. The molecule has 22 heavy (non-hydrogen) atoms. The summed E-state index contributed by atoms with van der Waals surface area (Å²) in [5.74, 6) is 0.611. The molecule has 0 bridgehead atoms. The van der Waals surface area contributed by atoms with Crippen molar-refractivity contribution in [2.75, 3.05) is 0 Å². The van der Waals surface area contributed by atoms with Gasteiger partial charge in [0.15, 0.2) is 0 Å². The van der Waals surface area contributed by atoms with E-state index in [2.05, 4.69) is 71.6 Å². The van der Waals surface area contributed by atoms with Gasteiger partial charge in [0.25, 0.3) is 0 Å². The Bertz CT molecular complexity index is 952. The van der Waals surface area contributed by atoms with Gasteiger partial charge < -0.3 is 0 Å². The highest BCUT2D eigenvalue weighted by molar-refractivity contribution is 7.28. The minimum absolute atomic E-state index is 0.611. The van der Waals surface area contributed by atoms with E-state index < -0.39 is 0 Å². The van der Waals surface area contributed by atoms with E-state index in [9.17, 15) is 0 Å². The van der Waals surface area contributed by atoms with E-state index in [0.717, 1.165) is 0 Å². The van der Waals surface area contributed by atoms with Crippen LogP contribution in [0.5, 0.6) is 0 Å². The second-order valence-corrected chi connectivity index (χ2v) is 7.00. The highest BCUT2D eigenvalue weighted by Gasteiger charge is 2.15. The predicted molar refractivity (Wildman–Crippen MR) is 103 cm³/mol. The molecule has 0 aliphatic heterocycles. The van der Waals surface area contributed by atoms with Gasteiger partial charge in [0, 0.05) is 0 Å². The van der Waals surface area contributed by atoms with Crippen LogP contribution in [0.4, 0.5) is 0 Å². The highest BCUT2D eigenvalue weighted by Crippen LogP contribution is 2.36. The molecule has 0 saturated carbocycles. The van der Waals surface area contributed by atoms with Gasteiger partial charge in [-0.3, -0.25) is 0 Å². The van der Waals surface area contributed by atoms with Crippen LogP contribution in [0.2, 0.25) is 0 Å². The largest absolute Gasteiger partial charge is 0.105 e. The summed E-state index contributed by atoms with van der Waals surface area (Å²) in [6.07, 6.45) is 2.48. The van der Waals surface area contributed by atoms with Crippen LogP contribution in [0.3, 0.4) is 0 Å². The zero-order valence-electron chi connectivity index (χ0n) is 13.2. The first-order valence-corrected chi connectivity index (χ1v) is 8.74. The third kappa shape index (κ3) is 1.94. The summed E-state index contributed by atoms with van der Waals surface area (Å²) in [5.41, 5.74) is 1.48. The lowest BCUT2D eigenvalue weighted by Gasteiger charge is -2.19. The van der Waals surface area contributed by atoms with Gasteiger partial charge in [-0.2, -0.15) is 0 Å². The zero-order valence-corrected chi connectivity index (χ0v) is 14.3. The maximum Gasteiger partial charge on any atom is -0.00204 e. The molecule has 4 rings (SSSR count). The Morgan fingerprint density at radius 1 is 0.909 bits per heavy atom. The van der Waals surface area contributed by atoms with Crippen molar-refractivity contribution >= 4 is 46.9 Å². The lowest BCUT2D eigenvalue weighted by molar-refractivity contribution is 0.669. The van der Waals surface area contributed by atoms with Crippen molar-refractivity contribution in [1.29, 1.82) is 0 Å². The molecule has 4 aromatic carbocycles. The molecule has 2 unspecified atom stereocenters. The maximum atomic E-state index is 3.01. The molecule has 0 aromatic heterocycles. The highest BCUT2D eigenvalue weighted by atomic mass is 31.0. The lowest BCUT2D eigenvalue weighted by atomic mass is 9.88. The van der Waals surface area contributed by atoms with Gasteiger partial charge in [0.05, 0.1) is 0 Å². The van der Waals surface area contributed by atoms with Gasteiger partial charge >= 0.3 is 0 Å². The molecular weight excluding hydrogens is 283 g/mol. The number of benzene rings is 4. The fourth-order valence-electron chi connectivity index (χ4n) is 3.85. The maximum absolute atomic E-state index is 3.01. The number of hydrogen-bond donors (Lipinski definition) is 0. The molecule has 0 radical (unpaired) electrons. The standard InChI is InChI=1S/C21H21P/c1-3-5-13(2)18-12-16-9-8-14-6-4-7-15-10-11-17(21(18)22)20(16)19(14)15/h4,6-13H,3,5,22H2,1-2H3. The van der Waals surface area contributed by atoms with Gasteiger partial charge in [-0.25, -0.2) is 0 Å². The Morgan fingerprint density at radius 2 is 1.59 bits per heavy atom. The molecular formula is C21H21P.